The SMILES string of the molecule is CC(C)CN1C[C@H]2C[C@]3(C(=O)NCC4CCCCO4)NC[C@H]2[C@@H]1[C@@H]3Cc1ccccc1. The highest BCUT2D eigenvalue weighted by Gasteiger charge is 2.64. The molecule has 0 radical (unpaired) electrons. The van der Waals surface area contributed by atoms with Crippen LogP contribution in [0.1, 0.15) is 45.1 Å². The van der Waals surface area contributed by atoms with E-state index in [4.69, 9.17) is 4.74 Å². The fraction of sp³-hybridized carbons (Fsp3) is 0.731. The second-order valence-electron chi connectivity index (χ2n) is 10.8. The molecule has 4 saturated heterocycles. The fourth-order valence-electron chi connectivity index (χ4n) is 7.03. The second-order valence-corrected chi connectivity index (χ2v) is 10.8. The van der Waals surface area contributed by atoms with E-state index in [1.165, 1.54) is 12.0 Å². The maximum Gasteiger partial charge on any atom is 0.240 e. The minimum atomic E-state index is -0.458. The Kier molecular flexibility index (Phi) is 6.11. The molecule has 1 aliphatic carbocycles. The molecule has 4 aliphatic heterocycles. The van der Waals surface area contributed by atoms with Crippen LogP contribution in [0.2, 0.25) is 0 Å². The third-order valence-corrected chi connectivity index (χ3v) is 8.28. The molecule has 1 saturated carbocycles. The van der Waals surface area contributed by atoms with E-state index in [1.54, 1.807) is 0 Å². The summed E-state index contributed by atoms with van der Waals surface area (Å²) in [7, 11) is 0. The van der Waals surface area contributed by atoms with Gasteiger partial charge in [0.05, 0.1) is 6.10 Å². The zero-order valence-corrected chi connectivity index (χ0v) is 19.2. The number of hydrogen-bond acceptors (Lipinski definition) is 4. The predicted molar refractivity (Wildman–Crippen MR) is 123 cm³/mol. The summed E-state index contributed by atoms with van der Waals surface area (Å²) in [6.45, 7) is 9.38. The van der Waals surface area contributed by atoms with E-state index >= 15 is 0 Å². The van der Waals surface area contributed by atoms with E-state index in [1.807, 2.05) is 0 Å². The van der Waals surface area contributed by atoms with Gasteiger partial charge < -0.3 is 15.4 Å². The van der Waals surface area contributed by atoms with E-state index in [9.17, 15) is 4.79 Å². The van der Waals surface area contributed by atoms with Crippen LogP contribution in [0.4, 0.5) is 0 Å². The first kappa shape index (κ1) is 21.4. The number of rotatable bonds is 7. The van der Waals surface area contributed by atoms with E-state index in [2.05, 4.69) is 59.7 Å². The van der Waals surface area contributed by atoms with Gasteiger partial charge in [0.2, 0.25) is 5.91 Å². The summed E-state index contributed by atoms with van der Waals surface area (Å²) in [5, 5.41) is 7.12. The van der Waals surface area contributed by atoms with E-state index in [0.29, 0.717) is 36.3 Å². The van der Waals surface area contributed by atoms with Crippen LogP contribution in [-0.2, 0) is 16.0 Å². The number of nitrogens with zero attached hydrogens (tertiary/aromatic N) is 1. The van der Waals surface area contributed by atoms with Gasteiger partial charge in [-0.3, -0.25) is 9.69 Å². The van der Waals surface area contributed by atoms with Crippen LogP contribution in [0.25, 0.3) is 0 Å². The van der Waals surface area contributed by atoms with Crippen molar-refractivity contribution in [2.75, 3.05) is 32.8 Å². The Bertz CT molecular complexity index is 763. The summed E-state index contributed by atoms with van der Waals surface area (Å²) in [5.41, 5.74) is 0.887. The minimum absolute atomic E-state index is 0.177. The van der Waals surface area contributed by atoms with Gasteiger partial charge in [0.1, 0.15) is 5.54 Å². The third-order valence-electron chi connectivity index (χ3n) is 8.28. The van der Waals surface area contributed by atoms with Crippen molar-refractivity contribution in [3.05, 3.63) is 35.9 Å². The van der Waals surface area contributed by atoms with E-state index < -0.39 is 5.54 Å². The van der Waals surface area contributed by atoms with Crippen LogP contribution in [0.5, 0.6) is 0 Å². The maximum absolute atomic E-state index is 13.8. The zero-order chi connectivity index (χ0) is 21.4. The van der Waals surface area contributed by atoms with Crippen molar-refractivity contribution in [2.24, 2.45) is 23.7 Å². The normalized spacial score (nSPS) is 37.3. The molecule has 6 rings (SSSR count). The largest absolute Gasteiger partial charge is 0.376 e. The molecule has 5 fully saturated rings. The van der Waals surface area contributed by atoms with Gasteiger partial charge in [-0.25, -0.2) is 0 Å². The molecule has 170 valence electrons. The molecule has 2 N–H and O–H groups in total. The zero-order valence-electron chi connectivity index (χ0n) is 19.2. The molecule has 5 aliphatic rings. The molecule has 6 atom stereocenters. The van der Waals surface area contributed by atoms with Gasteiger partial charge in [0.15, 0.2) is 0 Å². The number of amides is 1. The average Bonchev–Trinajstić information content (AvgIpc) is 3.08. The van der Waals surface area contributed by atoms with Crippen molar-refractivity contribution in [3.63, 3.8) is 0 Å². The fourth-order valence-corrected chi connectivity index (χ4v) is 7.03. The highest BCUT2D eigenvalue weighted by Crippen LogP contribution is 2.53. The molecule has 31 heavy (non-hydrogen) atoms. The first-order valence-electron chi connectivity index (χ1n) is 12.5. The number of piperidine rings is 2. The van der Waals surface area contributed by atoms with Gasteiger partial charge in [-0.2, -0.15) is 0 Å². The Labute approximate surface area is 187 Å². The predicted octanol–water partition coefficient (Wildman–Crippen LogP) is 2.85. The number of nitrogens with one attached hydrogen (secondary N) is 2. The molecule has 0 aromatic heterocycles. The van der Waals surface area contributed by atoms with Crippen LogP contribution in [0.15, 0.2) is 30.3 Å². The first-order chi connectivity index (χ1) is 15.1. The monoisotopic (exact) mass is 425 g/mol. The van der Waals surface area contributed by atoms with Crippen LogP contribution in [0.3, 0.4) is 0 Å². The van der Waals surface area contributed by atoms with Crippen molar-refractivity contribution >= 4 is 5.91 Å². The van der Waals surface area contributed by atoms with Crippen molar-refractivity contribution in [1.82, 2.24) is 15.5 Å². The lowest BCUT2D eigenvalue weighted by Crippen LogP contribution is -2.74. The van der Waals surface area contributed by atoms with Crippen LogP contribution in [0, 0.1) is 23.7 Å². The van der Waals surface area contributed by atoms with E-state index in [0.717, 1.165) is 51.9 Å². The average molecular weight is 426 g/mol. The quantitative estimate of drug-likeness (QED) is 0.705. The van der Waals surface area contributed by atoms with Crippen LogP contribution >= 0.6 is 0 Å². The molecule has 1 unspecified atom stereocenters. The summed E-state index contributed by atoms with van der Waals surface area (Å²) in [6, 6.07) is 11.3. The number of benzene rings is 1. The van der Waals surface area contributed by atoms with Gasteiger partial charge in [0.25, 0.3) is 0 Å². The highest BCUT2D eigenvalue weighted by atomic mass is 16.5. The van der Waals surface area contributed by atoms with Crippen molar-refractivity contribution in [2.45, 2.75) is 63.6 Å². The van der Waals surface area contributed by atoms with Gasteiger partial charge in [-0.15, -0.1) is 0 Å². The van der Waals surface area contributed by atoms with Crippen molar-refractivity contribution < 1.29 is 9.53 Å². The highest BCUT2D eigenvalue weighted by molar-refractivity contribution is 5.87. The standard InChI is InChI=1S/C26H39N3O2/c1-18(2)16-29-17-20-13-26(25(30)27-14-21-10-6-7-11-31-21)23(24(29)22(20)15-28-26)12-19-8-4-3-5-9-19/h3-5,8-9,18,20-24,28H,6-7,10-17H2,1-2H3,(H,27,30)/t20-,21?,22-,23+,24-,26+/m1/s1. The Morgan fingerprint density at radius 3 is 2.87 bits per heavy atom. The number of carbonyl (C=O) groups excluding carboxylic acids is 1. The Morgan fingerprint density at radius 2 is 2.13 bits per heavy atom. The lowest BCUT2D eigenvalue weighted by molar-refractivity contribution is -0.139. The summed E-state index contributed by atoms with van der Waals surface area (Å²) < 4.78 is 5.89. The van der Waals surface area contributed by atoms with Crippen molar-refractivity contribution in [1.29, 1.82) is 0 Å². The number of fused-ring (bicyclic) bond motifs is 1. The number of likely N-dealkylation sites (tertiary alicyclic amines) is 1. The third kappa shape index (κ3) is 4.05. The van der Waals surface area contributed by atoms with Gasteiger partial charge in [-0.05, 0) is 55.4 Å². The molecule has 1 amide bonds. The van der Waals surface area contributed by atoms with Crippen molar-refractivity contribution in [3.8, 4) is 0 Å². The summed E-state index contributed by atoms with van der Waals surface area (Å²) in [6.07, 6.45) is 5.52. The summed E-state index contributed by atoms with van der Waals surface area (Å²) in [5.74, 6) is 2.47. The topological polar surface area (TPSA) is 53.6 Å². The first-order valence-corrected chi connectivity index (χ1v) is 12.5. The van der Waals surface area contributed by atoms with E-state index in [-0.39, 0.29) is 12.0 Å². The number of carbonyl (C=O) groups is 1. The van der Waals surface area contributed by atoms with Crippen LogP contribution in [-0.4, -0.2) is 61.3 Å². The summed E-state index contributed by atoms with van der Waals surface area (Å²) >= 11 is 0. The number of ether oxygens (including phenoxy) is 1. The van der Waals surface area contributed by atoms with Crippen LogP contribution < -0.4 is 10.6 Å². The minimum Gasteiger partial charge on any atom is -0.376 e. The Morgan fingerprint density at radius 1 is 1.29 bits per heavy atom. The molecule has 1 aromatic carbocycles. The molecule has 1 aromatic rings. The lowest BCUT2D eigenvalue weighted by Gasteiger charge is -2.56. The van der Waals surface area contributed by atoms with Gasteiger partial charge >= 0.3 is 0 Å². The van der Waals surface area contributed by atoms with Gasteiger partial charge in [-0.1, -0.05) is 44.2 Å². The molecule has 5 heteroatoms. The molecule has 4 heterocycles. The Hall–Kier alpha value is -1.43. The molecular weight excluding hydrogens is 386 g/mol. The Balaban J connectivity index is 1.40. The van der Waals surface area contributed by atoms with Gasteiger partial charge in [0, 0.05) is 44.7 Å². The lowest BCUT2D eigenvalue weighted by atomic mass is 9.58. The maximum atomic E-state index is 13.8. The molecule has 0 spiro atoms. The second kappa shape index (κ2) is 8.84. The number of hydrogen-bond donors (Lipinski definition) is 2. The molecule has 4 bridgehead atoms. The molecule has 5 nitrogen and oxygen atoms in total. The smallest absolute Gasteiger partial charge is 0.240 e. The summed E-state index contributed by atoms with van der Waals surface area (Å²) in [4.78, 5) is 16.5. The molecular formula is C26H39N3O2.